The van der Waals surface area contributed by atoms with Crippen LogP contribution in [0.3, 0.4) is 0 Å². The van der Waals surface area contributed by atoms with Gasteiger partial charge in [-0.1, -0.05) is 12.8 Å². The number of halogens is 4. The van der Waals surface area contributed by atoms with Crippen LogP contribution in [0.4, 0.5) is 13.2 Å². The molecule has 1 aliphatic carbocycles. The molecule has 0 spiro atoms. The molecule has 0 heterocycles. The Balaban J connectivity index is 2.62. The van der Waals surface area contributed by atoms with E-state index in [1.54, 1.807) is 0 Å². The highest BCUT2D eigenvalue weighted by molar-refractivity contribution is 7.89. The van der Waals surface area contributed by atoms with Gasteiger partial charge in [0.25, 0.3) is 0 Å². The van der Waals surface area contributed by atoms with Crippen LogP contribution in [0.1, 0.15) is 38.5 Å². The first-order valence-corrected chi connectivity index (χ1v) is 8.57. The molecular weight excluding hydrogens is 303 g/mol. The third kappa shape index (κ3) is 5.87. The van der Waals surface area contributed by atoms with Gasteiger partial charge in [-0.2, -0.15) is 13.2 Å². The van der Waals surface area contributed by atoms with E-state index < -0.39 is 28.2 Å². The van der Waals surface area contributed by atoms with Crippen molar-refractivity contribution in [3.8, 4) is 0 Å². The van der Waals surface area contributed by atoms with Crippen LogP contribution in [-0.2, 0) is 10.0 Å². The molecule has 0 bridgehead atoms. The van der Waals surface area contributed by atoms with Gasteiger partial charge in [0.05, 0.1) is 11.7 Å². The lowest BCUT2D eigenvalue weighted by Crippen LogP contribution is -2.48. The standard InChI is InChI=1S/C11H19ClF3NO2S/c12-7-3-4-8-19(17,18)16-10-6-2-1-5-9(10)11(13,14)15/h9-10,16H,1-8H2. The lowest BCUT2D eigenvalue weighted by Gasteiger charge is -2.33. The van der Waals surface area contributed by atoms with Crippen LogP contribution in [-0.4, -0.2) is 32.3 Å². The minimum Gasteiger partial charge on any atom is -0.212 e. The minimum atomic E-state index is -4.34. The molecule has 3 nitrogen and oxygen atoms in total. The number of unbranched alkanes of at least 4 members (excludes halogenated alkanes) is 1. The second-order valence-electron chi connectivity index (χ2n) is 4.87. The molecule has 19 heavy (non-hydrogen) atoms. The van der Waals surface area contributed by atoms with Gasteiger partial charge in [0.15, 0.2) is 0 Å². The first kappa shape index (κ1) is 17.0. The zero-order valence-electron chi connectivity index (χ0n) is 10.5. The smallest absolute Gasteiger partial charge is 0.212 e. The molecule has 0 saturated heterocycles. The fourth-order valence-electron chi connectivity index (χ4n) is 2.34. The van der Waals surface area contributed by atoms with Gasteiger partial charge < -0.3 is 0 Å². The van der Waals surface area contributed by atoms with E-state index in [1.807, 2.05) is 0 Å². The van der Waals surface area contributed by atoms with Gasteiger partial charge in [-0.25, -0.2) is 13.1 Å². The fraction of sp³-hybridized carbons (Fsp3) is 1.00. The van der Waals surface area contributed by atoms with Crippen molar-refractivity contribution in [2.75, 3.05) is 11.6 Å². The number of sulfonamides is 1. The molecule has 114 valence electrons. The summed E-state index contributed by atoms with van der Waals surface area (Å²) in [6.07, 6.45) is -2.07. The average molecular weight is 322 g/mol. The molecule has 1 aliphatic rings. The molecular formula is C11H19ClF3NO2S. The number of rotatable bonds is 6. The van der Waals surface area contributed by atoms with Crippen molar-refractivity contribution in [2.24, 2.45) is 5.92 Å². The van der Waals surface area contributed by atoms with Crippen LogP contribution < -0.4 is 4.72 Å². The van der Waals surface area contributed by atoms with Crippen LogP contribution in [0, 0.1) is 5.92 Å². The van der Waals surface area contributed by atoms with Gasteiger partial charge >= 0.3 is 6.18 Å². The van der Waals surface area contributed by atoms with Gasteiger partial charge in [0.1, 0.15) is 0 Å². The van der Waals surface area contributed by atoms with Crippen LogP contribution in [0.25, 0.3) is 0 Å². The Kier molecular flexibility index (Phi) is 6.39. The van der Waals surface area contributed by atoms with Crippen LogP contribution >= 0.6 is 11.6 Å². The normalized spacial score (nSPS) is 25.5. The van der Waals surface area contributed by atoms with E-state index in [9.17, 15) is 21.6 Å². The Labute approximate surface area is 116 Å². The van der Waals surface area contributed by atoms with Crippen molar-refractivity contribution >= 4 is 21.6 Å². The molecule has 0 amide bonds. The zero-order chi connectivity index (χ0) is 14.5. The van der Waals surface area contributed by atoms with Gasteiger partial charge in [0, 0.05) is 11.9 Å². The summed E-state index contributed by atoms with van der Waals surface area (Å²) in [5, 5.41) is 0. The molecule has 0 aromatic carbocycles. The molecule has 0 aromatic heterocycles. The molecule has 0 aromatic rings. The van der Waals surface area contributed by atoms with Crippen molar-refractivity contribution in [1.82, 2.24) is 4.72 Å². The average Bonchev–Trinajstić information content (AvgIpc) is 2.27. The highest BCUT2D eigenvalue weighted by Crippen LogP contribution is 2.37. The maximum atomic E-state index is 12.8. The van der Waals surface area contributed by atoms with E-state index in [0.717, 1.165) is 0 Å². The van der Waals surface area contributed by atoms with E-state index in [-0.39, 0.29) is 18.6 Å². The van der Waals surface area contributed by atoms with E-state index >= 15 is 0 Å². The Morgan fingerprint density at radius 1 is 1.16 bits per heavy atom. The fourth-order valence-corrected chi connectivity index (χ4v) is 3.97. The highest BCUT2D eigenvalue weighted by Gasteiger charge is 2.46. The van der Waals surface area contributed by atoms with E-state index in [2.05, 4.69) is 4.72 Å². The second kappa shape index (κ2) is 7.13. The molecule has 1 saturated carbocycles. The lowest BCUT2D eigenvalue weighted by molar-refractivity contribution is -0.187. The lowest BCUT2D eigenvalue weighted by atomic mass is 9.85. The topological polar surface area (TPSA) is 46.2 Å². The highest BCUT2D eigenvalue weighted by atomic mass is 35.5. The molecule has 2 atom stereocenters. The van der Waals surface area contributed by atoms with Crippen LogP contribution in [0.15, 0.2) is 0 Å². The van der Waals surface area contributed by atoms with Crippen molar-refractivity contribution in [3.05, 3.63) is 0 Å². The van der Waals surface area contributed by atoms with Gasteiger partial charge in [-0.15, -0.1) is 11.6 Å². The maximum Gasteiger partial charge on any atom is 0.393 e. The number of nitrogens with one attached hydrogen (secondary N) is 1. The first-order chi connectivity index (χ1) is 8.76. The third-order valence-corrected chi connectivity index (χ3v) is 5.07. The van der Waals surface area contributed by atoms with Crippen molar-refractivity contribution in [3.63, 3.8) is 0 Å². The predicted molar refractivity (Wildman–Crippen MR) is 68.7 cm³/mol. The number of alkyl halides is 4. The molecule has 1 N–H and O–H groups in total. The van der Waals surface area contributed by atoms with Crippen molar-refractivity contribution in [2.45, 2.75) is 50.7 Å². The predicted octanol–water partition coefficient (Wildman–Crippen LogP) is 3.05. The molecule has 2 unspecified atom stereocenters. The van der Waals surface area contributed by atoms with E-state index in [0.29, 0.717) is 31.6 Å². The summed E-state index contributed by atoms with van der Waals surface area (Å²) in [7, 11) is -3.66. The maximum absolute atomic E-state index is 12.8. The SMILES string of the molecule is O=S(=O)(CCCCCl)NC1CCCCC1C(F)(F)F. The van der Waals surface area contributed by atoms with E-state index in [1.165, 1.54) is 0 Å². The van der Waals surface area contributed by atoms with Crippen LogP contribution in [0.2, 0.25) is 0 Å². The molecule has 1 rings (SSSR count). The second-order valence-corrected chi connectivity index (χ2v) is 7.12. The summed E-state index contributed by atoms with van der Waals surface area (Å²) in [6.45, 7) is 0. The summed E-state index contributed by atoms with van der Waals surface area (Å²) in [5.74, 6) is -1.38. The summed E-state index contributed by atoms with van der Waals surface area (Å²) in [5.41, 5.74) is 0. The molecule has 0 radical (unpaired) electrons. The van der Waals surface area contributed by atoms with Crippen LogP contribution in [0.5, 0.6) is 0 Å². The summed E-state index contributed by atoms with van der Waals surface area (Å²) >= 11 is 5.44. The Morgan fingerprint density at radius 3 is 2.37 bits per heavy atom. The Bertz CT molecular complexity index is 373. The number of hydrogen-bond donors (Lipinski definition) is 1. The quantitative estimate of drug-likeness (QED) is 0.604. The monoisotopic (exact) mass is 321 g/mol. The summed E-state index contributed by atoms with van der Waals surface area (Å²) < 4.78 is 64.1. The zero-order valence-corrected chi connectivity index (χ0v) is 12.1. The Hall–Kier alpha value is -0.0100. The summed E-state index contributed by atoms with van der Waals surface area (Å²) in [4.78, 5) is 0. The molecule has 0 aliphatic heterocycles. The van der Waals surface area contributed by atoms with Gasteiger partial charge in [0.2, 0.25) is 10.0 Å². The Morgan fingerprint density at radius 2 is 1.79 bits per heavy atom. The molecule has 8 heteroatoms. The van der Waals surface area contributed by atoms with Gasteiger partial charge in [-0.05, 0) is 25.7 Å². The molecule has 1 fully saturated rings. The number of hydrogen-bond acceptors (Lipinski definition) is 2. The summed E-state index contributed by atoms with van der Waals surface area (Å²) in [6, 6.07) is -1.02. The largest absolute Gasteiger partial charge is 0.393 e. The van der Waals surface area contributed by atoms with Crippen molar-refractivity contribution in [1.29, 1.82) is 0 Å². The van der Waals surface area contributed by atoms with Crippen molar-refractivity contribution < 1.29 is 21.6 Å². The third-order valence-electron chi connectivity index (χ3n) is 3.31. The first-order valence-electron chi connectivity index (χ1n) is 6.39. The van der Waals surface area contributed by atoms with Gasteiger partial charge in [-0.3, -0.25) is 0 Å². The van der Waals surface area contributed by atoms with E-state index in [4.69, 9.17) is 11.6 Å². The minimum absolute atomic E-state index is 0.00162.